The van der Waals surface area contributed by atoms with Crippen molar-refractivity contribution in [3.05, 3.63) is 30.1 Å². The molecule has 7 heteroatoms. The molecule has 0 spiro atoms. The molecule has 0 aromatic heterocycles. The predicted octanol–water partition coefficient (Wildman–Crippen LogP) is 1.79. The zero-order valence-corrected chi connectivity index (χ0v) is 12.5. The predicted molar refractivity (Wildman–Crippen MR) is 72.1 cm³/mol. The van der Waals surface area contributed by atoms with E-state index in [1.165, 1.54) is 12.1 Å². The Morgan fingerprint density at radius 2 is 2.05 bits per heavy atom. The number of sulfonamides is 1. The van der Waals surface area contributed by atoms with Crippen molar-refractivity contribution in [2.45, 2.75) is 31.7 Å². The molecule has 0 aliphatic heterocycles. The lowest BCUT2D eigenvalue weighted by Gasteiger charge is -2.24. The van der Waals surface area contributed by atoms with Crippen LogP contribution in [0.1, 0.15) is 20.8 Å². The van der Waals surface area contributed by atoms with Crippen LogP contribution in [0.4, 0.5) is 4.39 Å². The number of carbonyl (C=O) groups is 1. The number of nitrogens with zero attached hydrogens (tertiary/aromatic N) is 1. The summed E-state index contributed by atoms with van der Waals surface area (Å²) in [5.41, 5.74) is 0. The van der Waals surface area contributed by atoms with Crippen molar-refractivity contribution in [2.24, 2.45) is 0 Å². The van der Waals surface area contributed by atoms with Crippen molar-refractivity contribution in [2.75, 3.05) is 13.2 Å². The summed E-state index contributed by atoms with van der Waals surface area (Å²) in [6.45, 7) is 4.68. The van der Waals surface area contributed by atoms with Gasteiger partial charge in [0.1, 0.15) is 12.4 Å². The number of hydrogen-bond acceptors (Lipinski definition) is 4. The largest absolute Gasteiger partial charge is 0.465 e. The van der Waals surface area contributed by atoms with Crippen LogP contribution in [0.5, 0.6) is 0 Å². The van der Waals surface area contributed by atoms with Gasteiger partial charge in [-0.1, -0.05) is 6.07 Å². The number of carbonyl (C=O) groups excluding carboxylic acids is 1. The highest BCUT2D eigenvalue weighted by molar-refractivity contribution is 7.89. The van der Waals surface area contributed by atoms with Crippen molar-refractivity contribution in [1.29, 1.82) is 0 Å². The van der Waals surface area contributed by atoms with E-state index in [0.29, 0.717) is 0 Å². The van der Waals surface area contributed by atoms with Gasteiger partial charge >= 0.3 is 5.97 Å². The van der Waals surface area contributed by atoms with Gasteiger partial charge in [0.2, 0.25) is 10.0 Å². The van der Waals surface area contributed by atoms with Crippen LogP contribution in [0, 0.1) is 5.82 Å². The van der Waals surface area contributed by atoms with Crippen LogP contribution in [-0.4, -0.2) is 37.9 Å². The second kappa shape index (κ2) is 6.81. The fourth-order valence-electron chi connectivity index (χ4n) is 1.64. The Labute approximate surface area is 118 Å². The third-order valence-corrected chi connectivity index (χ3v) is 4.59. The van der Waals surface area contributed by atoms with Gasteiger partial charge in [0.15, 0.2) is 0 Å². The lowest BCUT2D eigenvalue weighted by molar-refractivity contribution is -0.143. The van der Waals surface area contributed by atoms with Gasteiger partial charge in [-0.25, -0.2) is 12.8 Å². The highest BCUT2D eigenvalue weighted by Gasteiger charge is 2.29. The van der Waals surface area contributed by atoms with E-state index in [1.54, 1.807) is 20.8 Å². The Hall–Kier alpha value is -1.47. The summed E-state index contributed by atoms with van der Waals surface area (Å²) in [4.78, 5) is 11.3. The molecule has 0 bridgehead atoms. The summed E-state index contributed by atoms with van der Waals surface area (Å²) in [7, 11) is -3.94. The summed E-state index contributed by atoms with van der Waals surface area (Å²) in [6.07, 6.45) is 0. The first kappa shape index (κ1) is 16.6. The van der Waals surface area contributed by atoms with Gasteiger partial charge in [-0.3, -0.25) is 4.79 Å². The van der Waals surface area contributed by atoms with E-state index in [1.807, 2.05) is 0 Å². The minimum Gasteiger partial charge on any atom is -0.465 e. The summed E-state index contributed by atoms with van der Waals surface area (Å²) >= 11 is 0. The topological polar surface area (TPSA) is 63.7 Å². The van der Waals surface area contributed by atoms with Crippen molar-refractivity contribution in [3.8, 4) is 0 Å². The van der Waals surface area contributed by atoms with E-state index in [2.05, 4.69) is 0 Å². The monoisotopic (exact) mass is 303 g/mol. The zero-order chi connectivity index (χ0) is 15.3. The SMILES string of the molecule is CCOC(=O)CN(C(C)C)S(=O)(=O)c1cccc(F)c1. The van der Waals surface area contributed by atoms with Crippen LogP contribution in [0.3, 0.4) is 0 Å². The second-order valence-electron chi connectivity index (χ2n) is 4.41. The Kier molecular flexibility index (Phi) is 5.64. The summed E-state index contributed by atoms with van der Waals surface area (Å²) in [5, 5.41) is 0. The zero-order valence-electron chi connectivity index (χ0n) is 11.7. The van der Waals surface area contributed by atoms with Gasteiger partial charge in [0.25, 0.3) is 0 Å². The molecule has 0 radical (unpaired) electrons. The van der Waals surface area contributed by atoms with Crippen molar-refractivity contribution < 1.29 is 22.3 Å². The second-order valence-corrected chi connectivity index (χ2v) is 6.30. The molecule has 0 aliphatic carbocycles. The average Bonchev–Trinajstić information content (AvgIpc) is 2.35. The number of rotatable bonds is 6. The quantitative estimate of drug-likeness (QED) is 0.752. The Morgan fingerprint density at radius 3 is 2.55 bits per heavy atom. The van der Waals surface area contributed by atoms with Crippen molar-refractivity contribution in [3.63, 3.8) is 0 Å². The number of esters is 1. The Balaban J connectivity index is 3.10. The smallest absolute Gasteiger partial charge is 0.321 e. The van der Waals surface area contributed by atoms with E-state index < -0.39 is 34.4 Å². The molecule has 0 saturated heterocycles. The Morgan fingerprint density at radius 1 is 1.40 bits per heavy atom. The highest BCUT2D eigenvalue weighted by Crippen LogP contribution is 2.19. The molecule has 0 amide bonds. The highest BCUT2D eigenvalue weighted by atomic mass is 32.2. The molecular weight excluding hydrogens is 285 g/mol. The van der Waals surface area contributed by atoms with Crippen molar-refractivity contribution in [1.82, 2.24) is 4.31 Å². The summed E-state index contributed by atoms with van der Waals surface area (Å²) in [5.74, 6) is -1.29. The van der Waals surface area contributed by atoms with E-state index >= 15 is 0 Å². The fourth-order valence-corrected chi connectivity index (χ4v) is 3.26. The fraction of sp³-hybridized carbons (Fsp3) is 0.462. The summed E-state index contributed by atoms with van der Waals surface area (Å²) < 4.78 is 43.7. The van der Waals surface area contributed by atoms with Crippen LogP contribution in [0.15, 0.2) is 29.2 Å². The maximum absolute atomic E-state index is 13.2. The molecule has 5 nitrogen and oxygen atoms in total. The minimum absolute atomic E-state index is 0.171. The first-order valence-corrected chi connectivity index (χ1v) is 7.66. The van der Waals surface area contributed by atoms with E-state index in [9.17, 15) is 17.6 Å². The van der Waals surface area contributed by atoms with Gasteiger partial charge in [0.05, 0.1) is 11.5 Å². The van der Waals surface area contributed by atoms with E-state index in [0.717, 1.165) is 16.4 Å². The first-order chi connectivity index (χ1) is 9.28. The molecule has 0 N–H and O–H groups in total. The lowest BCUT2D eigenvalue weighted by Crippen LogP contribution is -2.41. The van der Waals surface area contributed by atoms with E-state index in [-0.39, 0.29) is 11.5 Å². The van der Waals surface area contributed by atoms with Gasteiger partial charge in [-0.15, -0.1) is 0 Å². The van der Waals surface area contributed by atoms with Crippen molar-refractivity contribution >= 4 is 16.0 Å². The summed E-state index contributed by atoms with van der Waals surface area (Å²) in [6, 6.07) is 4.23. The van der Waals surface area contributed by atoms with Crippen LogP contribution in [0.25, 0.3) is 0 Å². The van der Waals surface area contributed by atoms with Crippen LogP contribution in [0.2, 0.25) is 0 Å². The molecule has 0 heterocycles. The normalized spacial score (nSPS) is 11.9. The number of ether oxygens (including phenoxy) is 1. The molecule has 112 valence electrons. The van der Waals surface area contributed by atoms with E-state index in [4.69, 9.17) is 4.74 Å². The molecular formula is C13H18FNO4S. The molecule has 0 unspecified atom stereocenters. The van der Waals surface area contributed by atoms with Gasteiger partial charge in [-0.2, -0.15) is 4.31 Å². The molecule has 20 heavy (non-hydrogen) atoms. The molecule has 0 aliphatic rings. The molecule has 1 rings (SSSR count). The maximum Gasteiger partial charge on any atom is 0.321 e. The molecule has 1 aromatic rings. The molecule has 0 fully saturated rings. The number of halogens is 1. The maximum atomic E-state index is 13.2. The number of benzene rings is 1. The van der Waals surface area contributed by atoms with Crippen LogP contribution in [-0.2, 0) is 19.6 Å². The standard InChI is InChI=1S/C13H18FNO4S/c1-4-19-13(16)9-15(10(2)3)20(17,18)12-7-5-6-11(14)8-12/h5-8,10H,4,9H2,1-3H3. The van der Waals surface area contributed by atoms with Gasteiger partial charge in [-0.05, 0) is 39.0 Å². The third kappa shape index (κ3) is 4.01. The lowest BCUT2D eigenvalue weighted by atomic mass is 10.3. The van der Waals surface area contributed by atoms with Crippen LogP contribution < -0.4 is 0 Å². The molecule has 0 saturated carbocycles. The first-order valence-electron chi connectivity index (χ1n) is 6.22. The Bertz CT molecular complexity index is 571. The van der Waals surface area contributed by atoms with Gasteiger partial charge in [0, 0.05) is 6.04 Å². The third-order valence-electron chi connectivity index (χ3n) is 2.57. The number of hydrogen-bond donors (Lipinski definition) is 0. The minimum atomic E-state index is -3.94. The molecule has 1 aromatic carbocycles. The van der Waals surface area contributed by atoms with Gasteiger partial charge < -0.3 is 4.74 Å². The van der Waals surface area contributed by atoms with Crippen LogP contribution >= 0.6 is 0 Å². The molecule has 0 atom stereocenters. The average molecular weight is 303 g/mol.